The Bertz CT molecular complexity index is 646. The molecule has 2 rings (SSSR count). The molecule has 0 spiro atoms. The first-order valence-electron chi connectivity index (χ1n) is 8.93. The van der Waals surface area contributed by atoms with Crippen LogP contribution in [0.25, 0.3) is 0 Å². The second-order valence-electron chi connectivity index (χ2n) is 6.21. The molecule has 0 bridgehead atoms. The largest absolute Gasteiger partial charge is 0.355 e. The first-order chi connectivity index (χ1) is 12.4. The third-order valence-corrected chi connectivity index (χ3v) is 5.18. The number of nitrogens with zero attached hydrogens (tertiary/aromatic N) is 4. The van der Waals surface area contributed by atoms with Crippen molar-refractivity contribution in [3.63, 3.8) is 0 Å². The van der Waals surface area contributed by atoms with Gasteiger partial charge in [-0.3, -0.25) is 9.59 Å². The molecule has 0 aliphatic carbocycles. The monoisotopic (exact) mass is 399 g/mol. The van der Waals surface area contributed by atoms with Gasteiger partial charge in [0.25, 0.3) is 0 Å². The molecule has 1 aliphatic heterocycles. The Morgan fingerprint density at radius 1 is 1.35 bits per heavy atom. The van der Waals surface area contributed by atoms with Gasteiger partial charge in [-0.05, 0) is 13.3 Å². The number of halogens is 1. The van der Waals surface area contributed by atoms with Crippen molar-refractivity contribution in [1.29, 1.82) is 0 Å². The van der Waals surface area contributed by atoms with E-state index < -0.39 is 0 Å². The Hall–Kier alpha value is -1.54. The maximum atomic E-state index is 12.0. The molecule has 1 N–H and O–H groups in total. The van der Waals surface area contributed by atoms with Gasteiger partial charge in [0.05, 0.1) is 5.75 Å². The Morgan fingerprint density at radius 3 is 2.77 bits per heavy atom. The predicted octanol–water partition coefficient (Wildman–Crippen LogP) is 2.20. The summed E-state index contributed by atoms with van der Waals surface area (Å²) >= 11 is 7.42. The molecule has 144 valence electrons. The van der Waals surface area contributed by atoms with E-state index in [-0.39, 0.29) is 23.6 Å². The summed E-state index contributed by atoms with van der Waals surface area (Å²) in [5.74, 6) is 1.13. The maximum absolute atomic E-state index is 12.0. The fraction of sp³-hybridized carbons (Fsp3) is 0.647. The van der Waals surface area contributed by atoms with Crippen molar-refractivity contribution in [3.8, 4) is 0 Å². The minimum Gasteiger partial charge on any atom is -0.355 e. The van der Waals surface area contributed by atoms with Crippen molar-refractivity contribution in [1.82, 2.24) is 20.2 Å². The van der Waals surface area contributed by atoms with Crippen LogP contribution in [-0.2, 0) is 9.59 Å². The summed E-state index contributed by atoms with van der Waals surface area (Å²) in [5, 5.41) is 3.66. The second kappa shape index (κ2) is 9.97. The third-order valence-electron chi connectivity index (χ3n) is 4.14. The Morgan fingerprint density at radius 2 is 2.12 bits per heavy atom. The number of anilines is 1. The summed E-state index contributed by atoms with van der Waals surface area (Å²) in [4.78, 5) is 36.5. The molecule has 7 nitrogen and oxygen atoms in total. The van der Waals surface area contributed by atoms with Crippen molar-refractivity contribution in [2.24, 2.45) is 0 Å². The molecule has 0 radical (unpaired) electrons. The number of hydrogen-bond acceptors (Lipinski definition) is 6. The van der Waals surface area contributed by atoms with Gasteiger partial charge >= 0.3 is 0 Å². The SMILES string of the molecule is CCCNC(=O)CSc1nc(Cl)cc(N2CCN(C(=O)CC)[C@@H](C)C2)n1. The molecule has 0 saturated carbocycles. The highest BCUT2D eigenvalue weighted by molar-refractivity contribution is 7.99. The summed E-state index contributed by atoms with van der Waals surface area (Å²) in [5.41, 5.74) is 0. The van der Waals surface area contributed by atoms with Crippen LogP contribution in [0.2, 0.25) is 5.15 Å². The molecule has 26 heavy (non-hydrogen) atoms. The van der Waals surface area contributed by atoms with E-state index in [2.05, 4.69) is 20.2 Å². The summed E-state index contributed by atoms with van der Waals surface area (Å²) in [6.45, 7) is 8.65. The Kier molecular flexibility index (Phi) is 7.96. The molecule has 9 heteroatoms. The minimum absolute atomic E-state index is 0.0395. The average Bonchev–Trinajstić information content (AvgIpc) is 2.63. The van der Waals surface area contributed by atoms with Crippen LogP contribution < -0.4 is 10.2 Å². The molecule has 2 heterocycles. The lowest BCUT2D eigenvalue weighted by atomic mass is 10.1. The molecule has 1 saturated heterocycles. The van der Waals surface area contributed by atoms with E-state index >= 15 is 0 Å². The normalized spacial score (nSPS) is 17.3. The van der Waals surface area contributed by atoms with Crippen LogP contribution in [0.4, 0.5) is 5.82 Å². The van der Waals surface area contributed by atoms with E-state index in [0.717, 1.165) is 12.2 Å². The average molecular weight is 400 g/mol. The highest BCUT2D eigenvalue weighted by Crippen LogP contribution is 2.24. The van der Waals surface area contributed by atoms with Crippen LogP contribution in [0.1, 0.15) is 33.6 Å². The number of amides is 2. The lowest BCUT2D eigenvalue weighted by molar-refractivity contribution is -0.133. The van der Waals surface area contributed by atoms with E-state index in [1.807, 2.05) is 25.7 Å². The van der Waals surface area contributed by atoms with Gasteiger partial charge in [0.15, 0.2) is 5.16 Å². The molecule has 1 aromatic rings. The number of piperazine rings is 1. The summed E-state index contributed by atoms with van der Waals surface area (Å²) in [6.07, 6.45) is 1.42. The summed E-state index contributed by atoms with van der Waals surface area (Å²) in [6, 6.07) is 1.84. The zero-order chi connectivity index (χ0) is 19.1. The molecular weight excluding hydrogens is 374 g/mol. The van der Waals surface area contributed by atoms with Crippen LogP contribution in [0.3, 0.4) is 0 Å². The maximum Gasteiger partial charge on any atom is 0.230 e. The number of thioether (sulfide) groups is 1. The van der Waals surface area contributed by atoms with Crippen molar-refractivity contribution in [2.75, 3.05) is 36.8 Å². The van der Waals surface area contributed by atoms with E-state index in [1.165, 1.54) is 11.8 Å². The molecule has 1 fully saturated rings. The Balaban J connectivity index is 2.01. The van der Waals surface area contributed by atoms with Crippen molar-refractivity contribution < 1.29 is 9.59 Å². The predicted molar refractivity (Wildman–Crippen MR) is 105 cm³/mol. The lowest BCUT2D eigenvalue weighted by Crippen LogP contribution is -2.54. The molecule has 0 aromatic carbocycles. The first-order valence-corrected chi connectivity index (χ1v) is 10.3. The van der Waals surface area contributed by atoms with Crippen LogP contribution in [0, 0.1) is 0 Å². The summed E-state index contributed by atoms with van der Waals surface area (Å²) < 4.78 is 0. The van der Waals surface area contributed by atoms with Gasteiger partial charge in [0, 0.05) is 44.7 Å². The summed E-state index contributed by atoms with van der Waals surface area (Å²) in [7, 11) is 0. The van der Waals surface area contributed by atoms with E-state index in [0.29, 0.717) is 42.9 Å². The van der Waals surface area contributed by atoms with Gasteiger partial charge in [-0.15, -0.1) is 0 Å². The van der Waals surface area contributed by atoms with Gasteiger partial charge in [0.1, 0.15) is 11.0 Å². The number of aromatic nitrogens is 2. The third kappa shape index (κ3) is 5.74. The smallest absolute Gasteiger partial charge is 0.230 e. The Labute approximate surface area is 163 Å². The highest BCUT2D eigenvalue weighted by atomic mass is 35.5. The number of nitrogens with one attached hydrogen (secondary N) is 1. The minimum atomic E-state index is -0.0395. The second-order valence-corrected chi connectivity index (χ2v) is 7.54. The van der Waals surface area contributed by atoms with Gasteiger partial charge in [-0.2, -0.15) is 0 Å². The quantitative estimate of drug-likeness (QED) is 0.430. The van der Waals surface area contributed by atoms with Crippen molar-refractivity contribution in [2.45, 2.75) is 44.8 Å². The van der Waals surface area contributed by atoms with Crippen molar-refractivity contribution >= 4 is 41.0 Å². The molecule has 1 atom stereocenters. The number of hydrogen-bond donors (Lipinski definition) is 1. The molecule has 0 unspecified atom stereocenters. The number of carbonyl (C=O) groups excluding carboxylic acids is 2. The fourth-order valence-corrected chi connectivity index (χ4v) is 3.71. The van der Waals surface area contributed by atoms with Crippen LogP contribution in [0.5, 0.6) is 0 Å². The highest BCUT2D eigenvalue weighted by Gasteiger charge is 2.27. The van der Waals surface area contributed by atoms with E-state index in [4.69, 9.17) is 11.6 Å². The van der Waals surface area contributed by atoms with E-state index in [1.54, 1.807) is 6.07 Å². The van der Waals surface area contributed by atoms with Crippen LogP contribution in [-0.4, -0.2) is 64.7 Å². The standard InChI is InChI=1S/C17H26ClN5O2S/c1-4-6-19-15(24)11-26-17-20-13(18)9-14(21-17)22-7-8-23(12(3)10-22)16(25)5-2/h9,12H,4-8,10-11H2,1-3H3,(H,19,24)/t12-/m0/s1. The van der Waals surface area contributed by atoms with Crippen LogP contribution >= 0.6 is 23.4 Å². The lowest BCUT2D eigenvalue weighted by Gasteiger charge is -2.40. The van der Waals surface area contributed by atoms with Crippen LogP contribution in [0.15, 0.2) is 11.2 Å². The molecular formula is C17H26ClN5O2S. The van der Waals surface area contributed by atoms with Gasteiger partial charge in [-0.25, -0.2) is 9.97 Å². The molecule has 1 aliphatic rings. The number of carbonyl (C=O) groups is 2. The van der Waals surface area contributed by atoms with Gasteiger partial charge in [-0.1, -0.05) is 37.2 Å². The number of rotatable bonds is 7. The molecule has 1 aromatic heterocycles. The zero-order valence-electron chi connectivity index (χ0n) is 15.5. The fourth-order valence-electron chi connectivity index (χ4n) is 2.80. The first kappa shape index (κ1) is 20.8. The van der Waals surface area contributed by atoms with E-state index in [9.17, 15) is 9.59 Å². The van der Waals surface area contributed by atoms with Crippen molar-refractivity contribution in [3.05, 3.63) is 11.2 Å². The zero-order valence-corrected chi connectivity index (χ0v) is 17.1. The molecule has 2 amide bonds. The van der Waals surface area contributed by atoms with Gasteiger partial charge < -0.3 is 15.1 Å². The topological polar surface area (TPSA) is 78.4 Å². The van der Waals surface area contributed by atoms with Gasteiger partial charge in [0.2, 0.25) is 11.8 Å².